The van der Waals surface area contributed by atoms with Crippen molar-refractivity contribution in [2.75, 3.05) is 27.2 Å². The number of likely N-dealkylation sites (tertiary alicyclic amines) is 1. The van der Waals surface area contributed by atoms with Crippen molar-refractivity contribution in [1.82, 2.24) is 20.0 Å². The van der Waals surface area contributed by atoms with Crippen molar-refractivity contribution in [3.63, 3.8) is 0 Å². The Morgan fingerprint density at radius 1 is 1.24 bits per heavy atom. The zero-order valence-electron chi connectivity index (χ0n) is 17.0. The molecule has 2 aromatic rings. The van der Waals surface area contributed by atoms with Gasteiger partial charge < -0.3 is 14.9 Å². The number of hydrogen-bond acceptors (Lipinski definition) is 5. The van der Waals surface area contributed by atoms with Crippen LogP contribution < -0.4 is 0 Å². The molecule has 2 N–H and O–H groups in total. The number of amides is 1. The van der Waals surface area contributed by atoms with E-state index < -0.39 is 23.5 Å². The van der Waals surface area contributed by atoms with Crippen molar-refractivity contribution >= 4 is 17.4 Å². The molecule has 0 unspecified atom stereocenters. The first-order valence-corrected chi connectivity index (χ1v) is 9.43. The van der Waals surface area contributed by atoms with Gasteiger partial charge in [-0.3, -0.25) is 14.7 Å². The lowest BCUT2D eigenvalue weighted by molar-refractivity contribution is -0.139. The zero-order chi connectivity index (χ0) is 21.3. The van der Waals surface area contributed by atoms with Crippen molar-refractivity contribution in [2.45, 2.75) is 26.3 Å². The Bertz CT molecular complexity index is 943. The van der Waals surface area contributed by atoms with E-state index in [1.807, 2.05) is 19.0 Å². The minimum Gasteiger partial charge on any atom is -0.507 e. The van der Waals surface area contributed by atoms with Gasteiger partial charge in [-0.1, -0.05) is 12.1 Å². The Balaban J connectivity index is 2.12. The lowest BCUT2D eigenvalue weighted by atomic mass is 9.94. The summed E-state index contributed by atoms with van der Waals surface area (Å²) in [5.41, 5.74) is 2.09. The minimum absolute atomic E-state index is 0.000869. The van der Waals surface area contributed by atoms with Crippen LogP contribution in [0.4, 0.5) is 4.39 Å². The molecule has 7 nitrogen and oxygen atoms in total. The molecule has 1 saturated heterocycles. The van der Waals surface area contributed by atoms with Gasteiger partial charge in [0.1, 0.15) is 11.6 Å². The number of hydrogen-bond donors (Lipinski definition) is 2. The van der Waals surface area contributed by atoms with Gasteiger partial charge in [0.2, 0.25) is 0 Å². The van der Waals surface area contributed by atoms with Crippen LogP contribution in [0.3, 0.4) is 0 Å². The number of carbonyl (C=O) groups excluding carboxylic acids is 2. The number of nitrogens with zero attached hydrogens (tertiary/aromatic N) is 3. The molecule has 0 spiro atoms. The molecule has 29 heavy (non-hydrogen) atoms. The van der Waals surface area contributed by atoms with Crippen LogP contribution in [-0.2, 0) is 9.59 Å². The Kier molecular flexibility index (Phi) is 5.83. The van der Waals surface area contributed by atoms with Crippen LogP contribution >= 0.6 is 0 Å². The fraction of sp³-hybridized carbons (Fsp3) is 0.381. The first-order valence-electron chi connectivity index (χ1n) is 9.43. The summed E-state index contributed by atoms with van der Waals surface area (Å²) < 4.78 is 13.5. The third-order valence-electron chi connectivity index (χ3n) is 5.09. The van der Waals surface area contributed by atoms with E-state index in [4.69, 9.17) is 0 Å². The minimum atomic E-state index is -0.786. The van der Waals surface area contributed by atoms with Gasteiger partial charge in [0, 0.05) is 12.2 Å². The predicted molar refractivity (Wildman–Crippen MR) is 107 cm³/mol. The summed E-state index contributed by atoms with van der Waals surface area (Å²) in [7, 11) is 3.85. The summed E-state index contributed by atoms with van der Waals surface area (Å²) in [6.45, 7) is 4.51. The highest BCUT2D eigenvalue weighted by atomic mass is 19.1. The summed E-state index contributed by atoms with van der Waals surface area (Å²) in [5, 5.41) is 17.9. The Morgan fingerprint density at radius 3 is 2.45 bits per heavy atom. The topological polar surface area (TPSA) is 89.5 Å². The molecule has 0 saturated carbocycles. The van der Waals surface area contributed by atoms with Crippen LogP contribution in [0.15, 0.2) is 29.8 Å². The van der Waals surface area contributed by atoms with E-state index in [1.165, 1.54) is 29.2 Å². The van der Waals surface area contributed by atoms with Gasteiger partial charge in [0.25, 0.3) is 11.7 Å². The molecular weight excluding hydrogens is 375 g/mol. The van der Waals surface area contributed by atoms with Gasteiger partial charge in [-0.15, -0.1) is 0 Å². The maximum absolute atomic E-state index is 13.5. The van der Waals surface area contributed by atoms with E-state index in [0.29, 0.717) is 35.5 Å². The SMILES string of the molecule is Cc1n[nH]c(C)c1/C(O)=C1\C(=O)C(=O)N(CCCN(C)C)[C@H]1c1ccc(F)cc1. The van der Waals surface area contributed by atoms with Crippen LogP contribution in [0.25, 0.3) is 5.76 Å². The number of halogens is 1. The molecule has 8 heteroatoms. The van der Waals surface area contributed by atoms with Gasteiger partial charge in [-0.25, -0.2) is 4.39 Å². The number of Topliss-reactive ketones (excluding diaryl/α,β-unsaturated/α-hetero) is 1. The van der Waals surface area contributed by atoms with E-state index in [9.17, 15) is 19.1 Å². The number of aliphatic hydroxyl groups is 1. The van der Waals surface area contributed by atoms with Gasteiger partial charge in [0.05, 0.1) is 22.9 Å². The number of aliphatic hydroxyl groups excluding tert-OH is 1. The molecule has 0 bridgehead atoms. The molecule has 1 atom stereocenters. The smallest absolute Gasteiger partial charge is 0.295 e. The fourth-order valence-electron chi connectivity index (χ4n) is 3.69. The molecule has 1 fully saturated rings. The van der Waals surface area contributed by atoms with Gasteiger partial charge >= 0.3 is 0 Å². The zero-order valence-corrected chi connectivity index (χ0v) is 17.0. The average Bonchev–Trinajstić information content (AvgIpc) is 3.13. The predicted octanol–water partition coefficient (Wildman–Crippen LogP) is 2.54. The monoisotopic (exact) mass is 400 g/mol. The number of rotatable bonds is 6. The van der Waals surface area contributed by atoms with Crippen molar-refractivity contribution < 1.29 is 19.1 Å². The normalized spacial score (nSPS) is 18.8. The molecule has 2 heterocycles. The maximum Gasteiger partial charge on any atom is 0.295 e. The fourth-order valence-corrected chi connectivity index (χ4v) is 3.69. The standard InChI is InChI=1S/C21H25FN4O3/c1-12-16(13(2)24-23-12)19(27)17-18(14-6-8-15(22)9-7-14)26(21(29)20(17)28)11-5-10-25(3)4/h6-9,18,27H,5,10-11H2,1-4H3,(H,23,24)/b19-17+/t18-/m0/s1. The first-order chi connectivity index (χ1) is 13.7. The molecule has 1 aliphatic rings. The lowest BCUT2D eigenvalue weighted by Crippen LogP contribution is -2.32. The molecule has 1 aliphatic heterocycles. The first kappa shape index (κ1) is 20.7. The molecule has 3 rings (SSSR count). The highest BCUT2D eigenvalue weighted by Gasteiger charge is 2.46. The number of benzene rings is 1. The van der Waals surface area contributed by atoms with E-state index in [-0.39, 0.29) is 11.3 Å². The second kappa shape index (κ2) is 8.16. The average molecular weight is 400 g/mol. The van der Waals surface area contributed by atoms with Gasteiger partial charge in [-0.2, -0.15) is 5.10 Å². The van der Waals surface area contributed by atoms with Gasteiger partial charge in [0.15, 0.2) is 0 Å². The van der Waals surface area contributed by atoms with Crippen LogP contribution in [0.5, 0.6) is 0 Å². The maximum atomic E-state index is 13.5. The Morgan fingerprint density at radius 2 is 1.90 bits per heavy atom. The van der Waals surface area contributed by atoms with Crippen molar-refractivity contribution in [2.24, 2.45) is 0 Å². The lowest BCUT2D eigenvalue weighted by Gasteiger charge is -2.26. The quantitative estimate of drug-likeness (QED) is 0.442. The third kappa shape index (κ3) is 3.93. The number of carbonyl (C=O) groups is 2. The van der Waals surface area contributed by atoms with Crippen LogP contribution in [0.2, 0.25) is 0 Å². The largest absolute Gasteiger partial charge is 0.507 e. The van der Waals surface area contributed by atoms with Crippen molar-refractivity contribution in [3.05, 3.63) is 58.2 Å². The van der Waals surface area contributed by atoms with Crippen molar-refractivity contribution in [1.29, 1.82) is 0 Å². The van der Waals surface area contributed by atoms with E-state index in [0.717, 1.165) is 6.54 Å². The number of aromatic amines is 1. The summed E-state index contributed by atoms with van der Waals surface area (Å²) in [5.74, 6) is -2.10. The van der Waals surface area contributed by atoms with Crippen LogP contribution in [0.1, 0.15) is 35.0 Å². The number of ketones is 1. The Labute approximate surface area is 168 Å². The van der Waals surface area contributed by atoms with E-state index in [2.05, 4.69) is 10.2 Å². The highest BCUT2D eigenvalue weighted by Crippen LogP contribution is 2.40. The summed E-state index contributed by atoms with van der Waals surface area (Å²) >= 11 is 0. The van der Waals surface area contributed by atoms with E-state index in [1.54, 1.807) is 13.8 Å². The van der Waals surface area contributed by atoms with Gasteiger partial charge in [-0.05, 0) is 58.6 Å². The summed E-state index contributed by atoms with van der Waals surface area (Å²) in [6.07, 6.45) is 0.654. The summed E-state index contributed by atoms with van der Waals surface area (Å²) in [4.78, 5) is 29.1. The van der Waals surface area contributed by atoms with Crippen LogP contribution in [0, 0.1) is 19.7 Å². The Hall–Kier alpha value is -3.00. The molecular formula is C21H25FN4O3. The molecule has 1 aromatic carbocycles. The third-order valence-corrected chi connectivity index (χ3v) is 5.09. The number of aryl methyl sites for hydroxylation is 2. The summed E-state index contributed by atoms with van der Waals surface area (Å²) in [6, 6.07) is 4.85. The highest BCUT2D eigenvalue weighted by molar-refractivity contribution is 6.46. The number of aromatic nitrogens is 2. The molecule has 0 radical (unpaired) electrons. The van der Waals surface area contributed by atoms with E-state index >= 15 is 0 Å². The van der Waals surface area contributed by atoms with Crippen molar-refractivity contribution in [3.8, 4) is 0 Å². The molecule has 1 aromatic heterocycles. The van der Waals surface area contributed by atoms with Crippen LogP contribution in [-0.4, -0.2) is 64.0 Å². The molecule has 154 valence electrons. The second-order valence-corrected chi connectivity index (χ2v) is 7.51. The molecule has 1 amide bonds. The number of nitrogens with one attached hydrogen (secondary N) is 1. The second-order valence-electron chi connectivity index (χ2n) is 7.51. The number of H-pyrrole nitrogens is 1. The molecule has 0 aliphatic carbocycles.